The lowest BCUT2D eigenvalue weighted by molar-refractivity contribution is 0.155. The molecule has 1 aromatic rings. The third-order valence-electron chi connectivity index (χ3n) is 4.30. The van der Waals surface area contributed by atoms with Crippen molar-refractivity contribution in [2.75, 3.05) is 19.5 Å². The second-order valence-electron chi connectivity index (χ2n) is 5.69. The van der Waals surface area contributed by atoms with Gasteiger partial charge >= 0.3 is 6.03 Å². The normalized spacial score (nSPS) is 21.7. The zero-order chi connectivity index (χ0) is 15.4. The lowest BCUT2D eigenvalue weighted by atomic mass is 9.85. The molecule has 0 heterocycles. The van der Waals surface area contributed by atoms with Crippen LogP contribution in [0.25, 0.3) is 0 Å². The van der Waals surface area contributed by atoms with Gasteiger partial charge in [0.15, 0.2) is 5.75 Å². The van der Waals surface area contributed by atoms with Crippen LogP contribution in [0.3, 0.4) is 0 Å². The van der Waals surface area contributed by atoms with Crippen molar-refractivity contribution in [3.63, 3.8) is 0 Å². The Morgan fingerprint density at radius 1 is 1.38 bits per heavy atom. The van der Waals surface area contributed by atoms with Crippen molar-refractivity contribution >= 4 is 23.3 Å². The van der Waals surface area contributed by atoms with E-state index in [4.69, 9.17) is 16.3 Å². The SMILES string of the molecule is COc1c(Cl)cccc1NC(=O)N(C)C1CCCCC1C. The first-order chi connectivity index (χ1) is 10.0. The third kappa shape index (κ3) is 3.62. The van der Waals surface area contributed by atoms with E-state index in [2.05, 4.69) is 12.2 Å². The standard InChI is InChI=1S/C16H23ClN2O2/c1-11-7-4-5-10-14(11)19(2)16(20)18-13-9-6-8-12(17)15(13)21-3/h6,8-9,11,14H,4-5,7,10H2,1-3H3,(H,18,20). The van der Waals surface area contributed by atoms with Crippen molar-refractivity contribution in [2.24, 2.45) is 5.92 Å². The van der Waals surface area contributed by atoms with E-state index in [1.807, 2.05) is 11.9 Å². The van der Waals surface area contributed by atoms with Crippen LogP contribution in [0.2, 0.25) is 5.02 Å². The molecule has 2 amide bonds. The highest BCUT2D eigenvalue weighted by Gasteiger charge is 2.28. The molecule has 2 rings (SSSR count). The van der Waals surface area contributed by atoms with Crippen molar-refractivity contribution < 1.29 is 9.53 Å². The molecule has 1 N–H and O–H groups in total. The Bertz CT molecular complexity index is 507. The number of halogens is 1. The lowest BCUT2D eigenvalue weighted by Gasteiger charge is -2.36. The minimum Gasteiger partial charge on any atom is -0.493 e. The van der Waals surface area contributed by atoms with Gasteiger partial charge in [-0.25, -0.2) is 4.79 Å². The average Bonchev–Trinajstić information content (AvgIpc) is 2.47. The highest BCUT2D eigenvalue weighted by Crippen LogP contribution is 2.33. The first kappa shape index (κ1) is 16.0. The van der Waals surface area contributed by atoms with Gasteiger partial charge < -0.3 is 15.0 Å². The number of urea groups is 1. The van der Waals surface area contributed by atoms with E-state index in [9.17, 15) is 4.79 Å². The minimum absolute atomic E-state index is 0.116. The van der Waals surface area contributed by atoms with Gasteiger partial charge in [-0.05, 0) is 30.9 Å². The maximum absolute atomic E-state index is 12.5. The van der Waals surface area contributed by atoms with E-state index < -0.39 is 0 Å². The molecule has 1 aromatic carbocycles. The van der Waals surface area contributed by atoms with Crippen LogP contribution in [0.5, 0.6) is 5.75 Å². The number of carbonyl (C=O) groups excluding carboxylic acids is 1. The first-order valence-electron chi connectivity index (χ1n) is 7.41. The Morgan fingerprint density at radius 3 is 2.76 bits per heavy atom. The number of carbonyl (C=O) groups is 1. The average molecular weight is 311 g/mol. The number of para-hydroxylation sites is 1. The highest BCUT2D eigenvalue weighted by atomic mass is 35.5. The van der Waals surface area contributed by atoms with Crippen LogP contribution in [-0.2, 0) is 0 Å². The topological polar surface area (TPSA) is 41.6 Å². The largest absolute Gasteiger partial charge is 0.493 e. The highest BCUT2D eigenvalue weighted by molar-refractivity contribution is 6.32. The number of hydrogen-bond acceptors (Lipinski definition) is 2. The van der Waals surface area contributed by atoms with Gasteiger partial charge in [0.25, 0.3) is 0 Å². The van der Waals surface area contributed by atoms with Gasteiger partial charge in [-0.3, -0.25) is 0 Å². The zero-order valence-corrected chi connectivity index (χ0v) is 13.6. The molecule has 0 bridgehead atoms. The molecule has 0 aromatic heterocycles. The summed E-state index contributed by atoms with van der Waals surface area (Å²) in [7, 11) is 3.41. The molecule has 2 unspecified atom stereocenters. The summed E-state index contributed by atoms with van der Waals surface area (Å²) in [5.41, 5.74) is 0.602. The number of hydrogen-bond donors (Lipinski definition) is 1. The number of amides is 2. The Labute approximate surface area is 131 Å². The van der Waals surface area contributed by atoms with Crippen LogP contribution in [0.15, 0.2) is 18.2 Å². The second-order valence-corrected chi connectivity index (χ2v) is 6.10. The molecule has 4 nitrogen and oxygen atoms in total. The van der Waals surface area contributed by atoms with E-state index in [0.717, 1.165) is 6.42 Å². The Hall–Kier alpha value is -1.42. The Balaban J connectivity index is 2.09. The van der Waals surface area contributed by atoms with Gasteiger partial charge in [-0.2, -0.15) is 0 Å². The third-order valence-corrected chi connectivity index (χ3v) is 4.59. The van der Waals surface area contributed by atoms with Crippen LogP contribution in [0.4, 0.5) is 10.5 Å². The van der Waals surface area contributed by atoms with Crippen LogP contribution in [0.1, 0.15) is 32.6 Å². The van der Waals surface area contributed by atoms with E-state index in [1.165, 1.54) is 19.3 Å². The first-order valence-corrected chi connectivity index (χ1v) is 7.78. The summed E-state index contributed by atoms with van der Waals surface area (Å²) in [5, 5.41) is 3.39. The molecule has 116 valence electrons. The number of anilines is 1. The number of benzene rings is 1. The summed E-state index contributed by atoms with van der Waals surface area (Å²) >= 11 is 6.07. The van der Waals surface area contributed by atoms with Crippen molar-refractivity contribution in [3.8, 4) is 5.75 Å². The van der Waals surface area contributed by atoms with E-state index in [0.29, 0.717) is 28.4 Å². The zero-order valence-electron chi connectivity index (χ0n) is 12.9. The second kappa shape index (κ2) is 7.03. The van der Waals surface area contributed by atoms with Crippen molar-refractivity contribution in [2.45, 2.75) is 38.6 Å². The predicted octanol–water partition coefficient (Wildman–Crippen LogP) is 4.39. The predicted molar refractivity (Wildman–Crippen MR) is 86.2 cm³/mol. The number of nitrogens with one attached hydrogen (secondary N) is 1. The summed E-state index contributed by atoms with van der Waals surface area (Å²) in [5.74, 6) is 1.04. The maximum Gasteiger partial charge on any atom is 0.321 e. The molecular weight excluding hydrogens is 288 g/mol. The van der Waals surface area contributed by atoms with Crippen LogP contribution < -0.4 is 10.1 Å². The summed E-state index contributed by atoms with van der Waals surface area (Å²) in [6.07, 6.45) is 4.70. The summed E-state index contributed by atoms with van der Waals surface area (Å²) in [4.78, 5) is 14.3. The number of ether oxygens (including phenoxy) is 1. The molecular formula is C16H23ClN2O2. The molecule has 1 aliphatic rings. The van der Waals surface area contributed by atoms with Crippen molar-refractivity contribution in [1.29, 1.82) is 0 Å². The number of rotatable bonds is 3. The van der Waals surface area contributed by atoms with Crippen LogP contribution in [-0.4, -0.2) is 31.1 Å². The molecule has 0 radical (unpaired) electrons. The molecule has 21 heavy (non-hydrogen) atoms. The Kier molecular flexibility index (Phi) is 5.34. The van der Waals surface area contributed by atoms with Crippen LogP contribution >= 0.6 is 11.6 Å². The molecule has 1 aliphatic carbocycles. The molecule has 5 heteroatoms. The van der Waals surface area contributed by atoms with Gasteiger partial charge in [0.1, 0.15) is 0 Å². The number of nitrogens with zero attached hydrogens (tertiary/aromatic N) is 1. The molecule has 1 fully saturated rings. The van der Waals surface area contributed by atoms with Crippen molar-refractivity contribution in [1.82, 2.24) is 4.90 Å². The summed E-state index contributed by atoms with van der Waals surface area (Å²) < 4.78 is 5.26. The van der Waals surface area contributed by atoms with Gasteiger partial charge in [0.05, 0.1) is 17.8 Å². The summed E-state index contributed by atoms with van der Waals surface area (Å²) in [6, 6.07) is 5.51. The summed E-state index contributed by atoms with van der Waals surface area (Å²) in [6.45, 7) is 2.22. The molecule has 1 saturated carbocycles. The quantitative estimate of drug-likeness (QED) is 0.899. The fourth-order valence-corrected chi connectivity index (χ4v) is 3.29. The lowest BCUT2D eigenvalue weighted by Crippen LogP contribution is -2.44. The fraction of sp³-hybridized carbons (Fsp3) is 0.562. The molecule has 0 saturated heterocycles. The van der Waals surface area contributed by atoms with Crippen molar-refractivity contribution in [3.05, 3.63) is 23.2 Å². The fourth-order valence-electron chi connectivity index (χ4n) is 3.04. The molecule has 0 aliphatic heterocycles. The van der Waals surface area contributed by atoms with Gasteiger partial charge in [-0.1, -0.05) is 37.4 Å². The van der Waals surface area contributed by atoms with E-state index >= 15 is 0 Å². The molecule has 0 spiro atoms. The maximum atomic E-state index is 12.5. The van der Waals surface area contributed by atoms with E-state index in [-0.39, 0.29) is 6.03 Å². The molecule has 2 atom stereocenters. The number of methoxy groups -OCH3 is 1. The Morgan fingerprint density at radius 2 is 2.10 bits per heavy atom. The monoisotopic (exact) mass is 310 g/mol. The smallest absolute Gasteiger partial charge is 0.321 e. The van der Waals surface area contributed by atoms with Crippen LogP contribution in [0, 0.1) is 5.92 Å². The van der Waals surface area contributed by atoms with E-state index in [1.54, 1.807) is 25.3 Å². The van der Waals surface area contributed by atoms with Gasteiger partial charge in [0, 0.05) is 13.1 Å². The minimum atomic E-state index is -0.116. The van der Waals surface area contributed by atoms with Gasteiger partial charge in [-0.15, -0.1) is 0 Å². The van der Waals surface area contributed by atoms with Gasteiger partial charge in [0.2, 0.25) is 0 Å².